The molecule has 0 saturated heterocycles. The molecule has 14 heteroatoms. The SMILES string of the molecule is CCNc1ccc2c(O)c(N=Nc3ccc4ccccc4c3O)ccc2c1N=Nc1ccc(S(=O)(=O)CC)cc1S(=O)(=O)O. The highest BCUT2D eigenvalue weighted by atomic mass is 32.2. The fraction of sp³-hybridized carbons (Fsp3) is 0.133. The number of phenolic OH excluding ortho intramolecular Hbond substituents is 2. The van der Waals surface area contributed by atoms with Gasteiger partial charge in [-0.15, -0.1) is 20.5 Å². The Bertz CT molecular complexity index is 2200. The summed E-state index contributed by atoms with van der Waals surface area (Å²) in [5.41, 5.74) is 0.795. The van der Waals surface area contributed by atoms with Crippen LogP contribution in [0.15, 0.2) is 109 Å². The van der Waals surface area contributed by atoms with Gasteiger partial charge in [0.2, 0.25) is 0 Å². The molecule has 4 N–H and O–H groups in total. The molecule has 5 aromatic carbocycles. The zero-order valence-electron chi connectivity index (χ0n) is 23.5. The van der Waals surface area contributed by atoms with Crippen LogP contribution < -0.4 is 5.32 Å². The molecule has 0 fully saturated rings. The lowest BCUT2D eigenvalue weighted by Crippen LogP contribution is -2.06. The summed E-state index contributed by atoms with van der Waals surface area (Å²) < 4.78 is 58.7. The summed E-state index contributed by atoms with van der Waals surface area (Å²) in [5.74, 6) is -0.538. The Kier molecular flexibility index (Phi) is 8.32. The molecule has 226 valence electrons. The standard InChI is InChI=1S/C30H27N5O7S2/c1-3-31-24-15-12-22-21(28(24)35-32-23-14-10-19(43(38,39)4-2)17-27(23)44(40,41)42)11-16-26(30(22)37)34-33-25-13-9-18-7-5-6-8-20(18)29(25)36/h5-17,31,36-37H,3-4H2,1-2H3,(H,40,41,42). The van der Waals surface area contributed by atoms with E-state index < -0.39 is 24.9 Å². The number of benzene rings is 5. The molecule has 0 spiro atoms. The van der Waals surface area contributed by atoms with Gasteiger partial charge in [-0.3, -0.25) is 4.55 Å². The molecule has 0 aliphatic carbocycles. The zero-order valence-corrected chi connectivity index (χ0v) is 25.1. The lowest BCUT2D eigenvalue weighted by atomic mass is 10.1. The summed E-state index contributed by atoms with van der Waals surface area (Å²) in [5, 5.41) is 43.7. The Morgan fingerprint density at radius 2 is 1.30 bits per heavy atom. The van der Waals surface area contributed by atoms with Crippen LogP contribution in [0.3, 0.4) is 0 Å². The third kappa shape index (κ3) is 5.95. The smallest absolute Gasteiger partial charge is 0.296 e. The minimum absolute atomic E-state index is 0.0466. The van der Waals surface area contributed by atoms with Gasteiger partial charge in [0.05, 0.1) is 16.3 Å². The molecule has 0 bridgehead atoms. The second-order valence-electron chi connectivity index (χ2n) is 9.58. The Morgan fingerprint density at radius 1 is 0.682 bits per heavy atom. The largest absolute Gasteiger partial charge is 0.505 e. The van der Waals surface area contributed by atoms with E-state index in [-0.39, 0.29) is 44.9 Å². The number of phenols is 2. The van der Waals surface area contributed by atoms with E-state index >= 15 is 0 Å². The molecule has 0 radical (unpaired) electrons. The number of aromatic hydroxyl groups is 2. The maximum atomic E-state index is 12.3. The predicted octanol–water partition coefficient (Wildman–Crippen LogP) is 7.71. The van der Waals surface area contributed by atoms with Gasteiger partial charge in [0, 0.05) is 22.7 Å². The van der Waals surface area contributed by atoms with E-state index in [1.165, 1.54) is 19.1 Å². The lowest BCUT2D eigenvalue weighted by molar-refractivity contribution is 0.480. The number of nitrogens with zero attached hydrogens (tertiary/aromatic N) is 4. The number of rotatable bonds is 9. The van der Waals surface area contributed by atoms with Gasteiger partial charge in [-0.2, -0.15) is 8.42 Å². The van der Waals surface area contributed by atoms with Gasteiger partial charge in [0.1, 0.15) is 27.6 Å². The van der Waals surface area contributed by atoms with Crippen molar-refractivity contribution in [2.24, 2.45) is 20.5 Å². The first kappa shape index (κ1) is 30.5. The lowest BCUT2D eigenvalue weighted by Gasteiger charge is -2.12. The summed E-state index contributed by atoms with van der Waals surface area (Å²) in [6, 6.07) is 20.3. The van der Waals surface area contributed by atoms with Gasteiger partial charge in [-0.1, -0.05) is 37.3 Å². The first-order valence-electron chi connectivity index (χ1n) is 13.4. The third-order valence-electron chi connectivity index (χ3n) is 6.84. The minimum Gasteiger partial charge on any atom is -0.505 e. The fourth-order valence-electron chi connectivity index (χ4n) is 4.56. The van der Waals surface area contributed by atoms with Crippen LogP contribution in [0.1, 0.15) is 13.8 Å². The van der Waals surface area contributed by atoms with E-state index in [1.807, 2.05) is 19.1 Å². The number of nitrogens with one attached hydrogen (secondary N) is 1. The third-order valence-corrected chi connectivity index (χ3v) is 9.46. The van der Waals surface area contributed by atoms with E-state index in [9.17, 15) is 31.6 Å². The summed E-state index contributed by atoms with van der Waals surface area (Å²) in [6.45, 7) is 3.77. The van der Waals surface area contributed by atoms with Crippen LogP contribution in [0.5, 0.6) is 11.5 Å². The molecule has 0 aliphatic heterocycles. The van der Waals surface area contributed by atoms with Crippen molar-refractivity contribution in [3.8, 4) is 11.5 Å². The minimum atomic E-state index is -4.86. The molecule has 44 heavy (non-hydrogen) atoms. The van der Waals surface area contributed by atoms with E-state index in [4.69, 9.17) is 0 Å². The highest BCUT2D eigenvalue weighted by molar-refractivity contribution is 7.91. The van der Waals surface area contributed by atoms with Crippen molar-refractivity contribution in [1.29, 1.82) is 0 Å². The topological polar surface area (TPSA) is 190 Å². The van der Waals surface area contributed by atoms with Crippen LogP contribution >= 0.6 is 0 Å². The van der Waals surface area contributed by atoms with Gasteiger partial charge in [-0.25, -0.2) is 8.42 Å². The number of sulfone groups is 1. The van der Waals surface area contributed by atoms with Gasteiger partial charge < -0.3 is 15.5 Å². The van der Waals surface area contributed by atoms with Crippen molar-refractivity contribution in [2.45, 2.75) is 23.6 Å². The molecular weight excluding hydrogens is 606 g/mol. The molecule has 5 aromatic rings. The van der Waals surface area contributed by atoms with Crippen LogP contribution in [0.4, 0.5) is 28.4 Å². The van der Waals surface area contributed by atoms with E-state index in [1.54, 1.807) is 42.5 Å². The highest BCUT2D eigenvalue weighted by Crippen LogP contribution is 2.44. The normalized spacial score (nSPS) is 12.5. The first-order valence-corrected chi connectivity index (χ1v) is 16.4. The summed E-state index contributed by atoms with van der Waals surface area (Å²) in [7, 11) is -8.63. The Balaban J connectivity index is 1.59. The molecule has 0 heterocycles. The van der Waals surface area contributed by atoms with Crippen LogP contribution in [-0.2, 0) is 20.0 Å². The van der Waals surface area contributed by atoms with Crippen molar-refractivity contribution in [3.63, 3.8) is 0 Å². The quantitative estimate of drug-likeness (QED) is 0.0937. The average molecular weight is 634 g/mol. The Labute approximate surface area is 253 Å². The maximum Gasteiger partial charge on any atom is 0.296 e. The van der Waals surface area contributed by atoms with Crippen molar-refractivity contribution in [3.05, 3.63) is 78.9 Å². The molecule has 0 aliphatic rings. The van der Waals surface area contributed by atoms with Crippen LogP contribution in [-0.4, -0.2) is 43.9 Å². The molecule has 0 atom stereocenters. The Hall–Kier alpha value is -4.92. The molecule has 0 saturated carbocycles. The van der Waals surface area contributed by atoms with Gasteiger partial charge in [0.15, 0.2) is 21.3 Å². The van der Waals surface area contributed by atoms with E-state index in [2.05, 4.69) is 25.8 Å². The monoisotopic (exact) mass is 633 g/mol. The van der Waals surface area contributed by atoms with Crippen molar-refractivity contribution in [2.75, 3.05) is 17.6 Å². The number of hydrogen-bond acceptors (Lipinski definition) is 11. The number of fused-ring (bicyclic) bond motifs is 2. The van der Waals surface area contributed by atoms with Crippen molar-refractivity contribution >= 4 is 69.9 Å². The highest BCUT2D eigenvalue weighted by Gasteiger charge is 2.21. The molecule has 0 amide bonds. The number of hydrogen-bond donors (Lipinski definition) is 4. The zero-order chi connectivity index (χ0) is 31.6. The van der Waals surface area contributed by atoms with Crippen LogP contribution in [0, 0.1) is 0 Å². The van der Waals surface area contributed by atoms with E-state index in [0.29, 0.717) is 28.4 Å². The van der Waals surface area contributed by atoms with Gasteiger partial charge >= 0.3 is 0 Å². The maximum absolute atomic E-state index is 12.3. The van der Waals surface area contributed by atoms with Gasteiger partial charge in [0.25, 0.3) is 10.1 Å². The number of anilines is 1. The Morgan fingerprint density at radius 3 is 1.98 bits per heavy atom. The number of azo groups is 2. The van der Waals surface area contributed by atoms with Crippen molar-refractivity contribution < 1.29 is 31.6 Å². The second kappa shape index (κ2) is 12.0. The van der Waals surface area contributed by atoms with Crippen LogP contribution in [0.25, 0.3) is 21.5 Å². The fourth-order valence-corrected chi connectivity index (χ4v) is 6.19. The molecule has 0 unspecified atom stereocenters. The molecular formula is C30H27N5O7S2. The summed E-state index contributed by atoms with van der Waals surface area (Å²) in [6.07, 6.45) is 0. The summed E-state index contributed by atoms with van der Waals surface area (Å²) in [4.78, 5) is -1.00. The van der Waals surface area contributed by atoms with Gasteiger partial charge in [-0.05, 0) is 60.8 Å². The summed E-state index contributed by atoms with van der Waals surface area (Å²) >= 11 is 0. The average Bonchev–Trinajstić information content (AvgIpc) is 3.00. The predicted molar refractivity (Wildman–Crippen MR) is 168 cm³/mol. The molecule has 5 rings (SSSR count). The van der Waals surface area contributed by atoms with Crippen molar-refractivity contribution in [1.82, 2.24) is 0 Å². The van der Waals surface area contributed by atoms with Crippen LogP contribution in [0.2, 0.25) is 0 Å². The second-order valence-corrected chi connectivity index (χ2v) is 13.3. The molecule has 0 aromatic heterocycles. The van der Waals surface area contributed by atoms with E-state index in [0.717, 1.165) is 17.5 Å². The molecule has 12 nitrogen and oxygen atoms in total. The first-order chi connectivity index (χ1) is 20.9.